The largest absolute Gasteiger partial charge is 0.480 e. The molecule has 1 aromatic heterocycles. The van der Waals surface area contributed by atoms with Gasteiger partial charge >= 0.3 is 5.97 Å². The van der Waals surface area contributed by atoms with E-state index in [1.807, 2.05) is 0 Å². The normalized spacial score (nSPS) is 9.46. The highest BCUT2D eigenvalue weighted by atomic mass is 16.5. The molecule has 0 amide bonds. The molecule has 0 saturated heterocycles. The molecule has 0 aliphatic heterocycles. The van der Waals surface area contributed by atoms with Crippen molar-refractivity contribution in [3.63, 3.8) is 0 Å². The molecule has 0 atom stereocenters. The number of aromatic nitrogens is 2. The molecule has 13 heavy (non-hydrogen) atoms. The number of carbonyl (C=O) groups is 1. The Morgan fingerprint density at radius 3 is 2.69 bits per heavy atom. The molecule has 0 aliphatic carbocycles. The molecule has 1 rings (SSSR count). The topological polar surface area (TPSA) is 61.3 Å². The second-order valence-electron chi connectivity index (χ2n) is 2.33. The number of nitrogens with zero attached hydrogens (tertiary/aromatic N) is 2. The van der Waals surface area contributed by atoms with Crippen molar-refractivity contribution in [2.24, 2.45) is 0 Å². The molecule has 0 unspecified atom stereocenters. The summed E-state index contributed by atoms with van der Waals surface area (Å²) in [6.45, 7) is 1.71. The molecule has 0 radical (unpaired) electrons. The molecule has 0 saturated carbocycles. The summed E-state index contributed by atoms with van der Waals surface area (Å²) < 4.78 is 9.42. The van der Waals surface area contributed by atoms with Gasteiger partial charge in [-0.15, -0.1) is 0 Å². The maximum Gasteiger partial charge on any atom is 0.344 e. The van der Waals surface area contributed by atoms with E-state index in [0.29, 0.717) is 5.82 Å². The molecule has 1 heterocycles. The first kappa shape index (κ1) is 9.44. The quantitative estimate of drug-likeness (QED) is 0.626. The van der Waals surface area contributed by atoms with Crippen molar-refractivity contribution in [2.45, 2.75) is 6.92 Å². The average Bonchev–Trinajstić information content (AvgIpc) is 2.16. The molecule has 0 bridgehead atoms. The fourth-order valence-corrected chi connectivity index (χ4v) is 0.855. The van der Waals surface area contributed by atoms with Crippen LogP contribution in [0.25, 0.3) is 0 Å². The minimum atomic E-state index is -0.503. The maximum absolute atomic E-state index is 11.1. The number of carbonyl (C=O) groups excluding carboxylic acids is 1. The van der Waals surface area contributed by atoms with Crippen molar-refractivity contribution < 1.29 is 14.3 Å². The predicted molar refractivity (Wildman–Crippen MR) is 44.7 cm³/mol. The summed E-state index contributed by atoms with van der Waals surface area (Å²) in [4.78, 5) is 18.9. The Kier molecular flexibility index (Phi) is 2.79. The summed E-state index contributed by atoms with van der Waals surface area (Å²) >= 11 is 0. The van der Waals surface area contributed by atoms with E-state index < -0.39 is 5.97 Å². The van der Waals surface area contributed by atoms with Crippen molar-refractivity contribution in [1.29, 1.82) is 0 Å². The summed E-state index contributed by atoms with van der Waals surface area (Å²) in [6.07, 6.45) is 1.38. The lowest BCUT2D eigenvalue weighted by Crippen LogP contribution is -2.07. The molecule has 0 fully saturated rings. The van der Waals surface area contributed by atoms with Crippen LogP contribution < -0.4 is 4.74 Å². The second-order valence-corrected chi connectivity index (χ2v) is 2.33. The van der Waals surface area contributed by atoms with Crippen LogP contribution in [0.1, 0.15) is 16.2 Å². The highest BCUT2D eigenvalue weighted by Crippen LogP contribution is 2.14. The SMILES string of the molecule is COC(=O)c1cnc(C)nc1OC. The van der Waals surface area contributed by atoms with Gasteiger partial charge in [-0.1, -0.05) is 0 Å². The lowest BCUT2D eigenvalue weighted by atomic mass is 10.3. The third-order valence-electron chi connectivity index (χ3n) is 1.47. The van der Waals surface area contributed by atoms with E-state index in [0.717, 1.165) is 0 Å². The van der Waals surface area contributed by atoms with E-state index in [9.17, 15) is 4.79 Å². The fraction of sp³-hybridized carbons (Fsp3) is 0.375. The summed E-state index contributed by atoms with van der Waals surface area (Å²) in [5, 5.41) is 0. The number of methoxy groups -OCH3 is 2. The zero-order chi connectivity index (χ0) is 9.84. The molecular formula is C8H10N2O3. The van der Waals surface area contributed by atoms with Crippen LogP contribution in [0.2, 0.25) is 0 Å². The predicted octanol–water partition coefficient (Wildman–Crippen LogP) is 0.580. The molecule has 5 nitrogen and oxygen atoms in total. The van der Waals surface area contributed by atoms with E-state index in [-0.39, 0.29) is 11.4 Å². The van der Waals surface area contributed by atoms with E-state index in [1.165, 1.54) is 20.4 Å². The number of hydrogen-bond acceptors (Lipinski definition) is 5. The average molecular weight is 182 g/mol. The van der Waals surface area contributed by atoms with Crippen LogP contribution in [0.5, 0.6) is 5.88 Å². The second kappa shape index (κ2) is 3.84. The molecule has 0 aliphatic rings. The molecule has 1 aromatic rings. The molecule has 5 heteroatoms. The van der Waals surface area contributed by atoms with Gasteiger partial charge in [0.15, 0.2) is 0 Å². The highest BCUT2D eigenvalue weighted by Gasteiger charge is 2.14. The number of aryl methyl sites for hydroxylation is 1. The van der Waals surface area contributed by atoms with Crippen molar-refractivity contribution in [3.05, 3.63) is 17.6 Å². The first-order valence-corrected chi connectivity index (χ1v) is 3.65. The monoisotopic (exact) mass is 182 g/mol. The van der Waals surface area contributed by atoms with Gasteiger partial charge in [-0.05, 0) is 6.92 Å². The molecule has 0 N–H and O–H groups in total. The number of hydrogen-bond donors (Lipinski definition) is 0. The third kappa shape index (κ3) is 1.93. The van der Waals surface area contributed by atoms with Crippen molar-refractivity contribution in [2.75, 3.05) is 14.2 Å². The van der Waals surface area contributed by atoms with Gasteiger partial charge < -0.3 is 9.47 Å². The summed E-state index contributed by atoms with van der Waals surface area (Å²) in [6, 6.07) is 0. The zero-order valence-electron chi connectivity index (χ0n) is 7.70. The standard InChI is InChI=1S/C8H10N2O3/c1-5-9-4-6(8(11)13-3)7(10-5)12-2/h4H,1-3H3. The Hall–Kier alpha value is -1.65. The zero-order valence-corrected chi connectivity index (χ0v) is 7.70. The Labute approximate surface area is 75.7 Å². The lowest BCUT2D eigenvalue weighted by molar-refractivity contribution is 0.0595. The van der Waals surface area contributed by atoms with Crippen LogP contribution in [0.3, 0.4) is 0 Å². The summed E-state index contributed by atoms with van der Waals surface area (Å²) in [5.74, 6) is 0.278. The van der Waals surface area contributed by atoms with Crippen molar-refractivity contribution >= 4 is 5.97 Å². The maximum atomic E-state index is 11.1. The Balaban J connectivity index is 3.13. The van der Waals surface area contributed by atoms with Gasteiger partial charge in [-0.25, -0.2) is 9.78 Å². The van der Waals surface area contributed by atoms with Crippen LogP contribution in [-0.2, 0) is 4.74 Å². The van der Waals surface area contributed by atoms with E-state index in [2.05, 4.69) is 14.7 Å². The van der Waals surface area contributed by atoms with Gasteiger partial charge in [-0.3, -0.25) is 0 Å². The van der Waals surface area contributed by atoms with Crippen LogP contribution in [0.15, 0.2) is 6.20 Å². The minimum absolute atomic E-state index is 0.232. The fourth-order valence-electron chi connectivity index (χ4n) is 0.855. The highest BCUT2D eigenvalue weighted by molar-refractivity contribution is 5.91. The first-order chi connectivity index (χ1) is 6.19. The minimum Gasteiger partial charge on any atom is -0.480 e. The van der Waals surface area contributed by atoms with Crippen LogP contribution in [0.4, 0.5) is 0 Å². The number of esters is 1. The van der Waals surface area contributed by atoms with Crippen molar-refractivity contribution in [3.8, 4) is 5.88 Å². The summed E-state index contributed by atoms with van der Waals surface area (Å²) in [5.41, 5.74) is 0.232. The van der Waals surface area contributed by atoms with Gasteiger partial charge in [0.2, 0.25) is 5.88 Å². The smallest absolute Gasteiger partial charge is 0.344 e. The number of rotatable bonds is 2. The number of ether oxygens (including phenoxy) is 2. The van der Waals surface area contributed by atoms with Gasteiger partial charge in [0.25, 0.3) is 0 Å². The van der Waals surface area contributed by atoms with Crippen LogP contribution in [-0.4, -0.2) is 30.2 Å². The van der Waals surface area contributed by atoms with Gasteiger partial charge in [0.1, 0.15) is 11.4 Å². The molecule has 0 aromatic carbocycles. The molecular weight excluding hydrogens is 172 g/mol. The van der Waals surface area contributed by atoms with Crippen LogP contribution >= 0.6 is 0 Å². The molecule has 70 valence electrons. The van der Waals surface area contributed by atoms with Crippen molar-refractivity contribution in [1.82, 2.24) is 9.97 Å². The van der Waals surface area contributed by atoms with Gasteiger partial charge in [-0.2, -0.15) is 4.98 Å². The lowest BCUT2D eigenvalue weighted by Gasteiger charge is -2.04. The Morgan fingerprint density at radius 2 is 2.15 bits per heavy atom. The van der Waals surface area contributed by atoms with E-state index in [4.69, 9.17) is 4.74 Å². The molecule has 0 spiro atoms. The van der Waals surface area contributed by atoms with Gasteiger partial charge in [0.05, 0.1) is 14.2 Å². The van der Waals surface area contributed by atoms with Gasteiger partial charge in [0, 0.05) is 6.20 Å². The first-order valence-electron chi connectivity index (χ1n) is 3.65. The van der Waals surface area contributed by atoms with E-state index >= 15 is 0 Å². The van der Waals surface area contributed by atoms with E-state index in [1.54, 1.807) is 6.92 Å². The van der Waals surface area contributed by atoms with Crippen LogP contribution in [0, 0.1) is 6.92 Å². The summed E-state index contributed by atoms with van der Waals surface area (Å²) in [7, 11) is 2.73. The Bertz CT molecular complexity index is 325. The Morgan fingerprint density at radius 1 is 1.46 bits per heavy atom. The third-order valence-corrected chi connectivity index (χ3v) is 1.47.